The predicted octanol–water partition coefficient (Wildman–Crippen LogP) is 2.08. The van der Waals surface area contributed by atoms with Gasteiger partial charge in [-0.05, 0) is 25.5 Å². The highest BCUT2D eigenvalue weighted by molar-refractivity contribution is 5.94. The Kier molecular flexibility index (Phi) is 6.75. The second-order valence-corrected chi connectivity index (χ2v) is 4.73. The van der Waals surface area contributed by atoms with E-state index in [1.165, 1.54) is 0 Å². The zero-order chi connectivity index (χ0) is 15.0. The maximum Gasteiger partial charge on any atom is 0.273 e. The molecule has 1 atom stereocenters. The van der Waals surface area contributed by atoms with Crippen molar-refractivity contribution in [1.82, 2.24) is 9.88 Å². The van der Waals surface area contributed by atoms with Gasteiger partial charge in [0.15, 0.2) is 0 Å². The SMILES string of the molecule is CCCC(C)N(C)C(=O)c1ncccc1C#CCCO. The molecule has 1 heterocycles. The van der Waals surface area contributed by atoms with Gasteiger partial charge in [0.05, 0.1) is 12.2 Å². The first kappa shape index (κ1) is 16.2. The Morgan fingerprint density at radius 1 is 1.55 bits per heavy atom. The number of aliphatic hydroxyl groups excluding tert-OH is 1. The second kappa shape index (κ2) is 8.34. The van der Waals surface area contributed by atoms with Crippen molar-refractivity contribution in [3.63, 3.8) is 0 Å². The van der Waals surface area contributed by atoms with Crippen LogP contribution < -0.4 is 0 Å². The molecule has 4 nitrogen and oxygen atoms in total. The molecule has 0 aliphatic rings. The molecule has 0 bridgehead atoms. The molecule has 1 unspecified atom stereocenters. The van der Waals surface area contributed by atoms with Crippen molar-refractivity contribution in [1.29, 1.82) is 0 Å². The molecule has 1 amide bonds. The molecule has 0 saturated heterocycles. The number of nitrogens with zero attached hydrogens (tertiary/aromatic N) is 2. The summed E-state index contributed by atoms with van der Waals surface area (Å²) in [7, 11) is 1.79. The van der Waals surface area contributed by atoms with E-state index in [1.54, 1.807) is 30.3 Å². The number of hydrogen-bond donors (Lipinski definition) is 1. The standard InChI is InChI=1S/C16H22N2O2/c1-4-8-13(2)18(3)16(20)15-14(9-5-6-12-19)10-7-11-17-15/h7,10-11,13,19H,4,6,8,12H2,1-3H3. The van der Waals surface area contributed by atoms with Crippen LogP contribution in [0.15, 0.2) is 18.3 Å². The Hall–Kier alpha value is -1.86. The van der Waals surface area contributed by atoms with Crippen molar-refractivity contribution in [2.45, 2.75) is 39.2 Å². The first-order valence-electron chi connectivity index (χ1n) is 6.93. The van der Waals surface area contributed by atoms with E-state index in [1.807, 2.05) is 6.92 Å². The van der Waals surface area contributed by atoms with Crippen molar-refractivity contribution in [3.05, 3.63) is 29.6 Å². The molecule has 1 aromatic rings. The number of carbonyl (C=O) groups is 1. The van der Waals surface area contributed by atoms with E-state index in [4.69, 9.17) is 5.11 Å². The third-order valence-electron chi connectivity index (χ3n) is 3.16. The summed E-state index contributed by atoms with van der Waals surface area (Å²) in [6.45, 7) is 4.15. The lowest BCUT2D eigenvalue weighted by molar-refractivity contribution is 0.0730. The fraction of sp³-hybridized carbons (Fsp3) is 0.500. The van der Waals surface area contributed by atoms with Crippen LogP contribution in [0.3, 0.4) is 0 Å². The minimum Gasteiger partial charge on any atom is -0.395 e. The largest absolute Gasteiger partial charge is 0.395 e. The van der Waals surface area contributed by atoms with Crippen LogP contribution in [0, 0.1) is 11.8 Å². The summed E-state index contributed by atoms with van der Waals surface area (Å²) in [4.78, 5) is 18.3. The fourth-order valence-corrected chi connectivity index (χ4v) is 1.87. The van der Waals surface area contributed by atoms with Gasteiger partial charge in [0.1, 0.15) is 5.69 Å². The summed E-state index contributed by atoms with van der Waals surface area (Å²) in [5.74, 6) is 5.62. The van der Waals surface area contributed by atoms with Gasteiger partial charge in [0.25, 0.3) is 5.91 Å². The van der Waals surface area contributed by atoms with E-state index in [0.717, 1.165) is 12.8 Å². The van der Waals surface area contributed by atoms with E-state index in [0.29, 0.717) is 17.7 Å². The zero-order valence-electron chi connectivity index (χ0n) is 12.4. The monoisotopic (exact) mass is 274 g/mol. The van der Waals surface area contributed by atoms with E-state index in [-0.39, 0.29) is 18.6 Å². The first-order valence-corrected chi connectivity index (χ1v) is 6.93. The quantitative estimate of drug-likeness (QED) is 0.836. The van der Waals surface area contributed by atoms with Gasteiger partial charge in [-0.3, -0.25) is 4.79 Å². The number of rotatable bonds is 5. The lowest BCUT2D eigenvalue weighted by atomic mass is 10.1. The third-order valence-corrected chi connectivity index (χ3v) is 3.16. The maximum atomic E-state index is 12.5. The Bertz CT molecular complexity index is 503. The minimum atomic E-state index is -0.111. The molecule has 1 N–H and O–H groups in total. The molecule has 0 spiro atoms. The fourth-order valence-electron chi connectivity index (χ4n) is 1.87. The van der Waals surface area contributed by atoms with Gasteiger partial charge in [0.2, 0.25) is 0 Å². The van der Waals surface area contributed by atoms with Crippen LogP contribution in [0.25, 0.3) is 0 Å². The van der Waals surface area contributed by atoms with Crippen LogP contribution in [0.2, 0.25) is 0 Å². The van der Waals surface area contributed by atoms with Crippen molar-refractivity contribution in [3.8, 4) is 11.8 Å². The molecule has 0 fully saturated rings. The number of pyridine rings is 1. The van der Waals surface area contributed by atoms with Gasteiger partial charge < -0.3 is 10.0 Å². The summed E-state index contributed by atoms with van der Waals surface area (Å²) < 4.78 is 0. The second-order valence-electron chi connectivity index (χ2n) is 4.73. The van der Waals surface area contributed by atoms with Gasteiger partial charge in [-0.1, -0.05) is 25.2 Å². The van der Waals surface area contributed by atoms with Crippen LogP contribution in [-0.2, 0) is 0 Å². The van der Waals surface area contributed by atoms with Gasteiger partial charge in [-0.15, -0.1) is 0 Å². The highest BCUT2D eigenvalue weighted by Gasteiger charge is 2.20. The Morgan fingerprint density at radius 3 is 2.95 bits per heavy atom. The lowest BCUT2D eigenvalue weighted by Gasteiger charge is -2.24. The Morgan fingerprint density at radius 2 is 2.30 bits per heavy atom. The van der Waals surface area contributed by atoms with Crippen molar-refractivity contribution < 1.29 is 9.90 Å². The molecule has 108 valence electrons. The molecule has 0 radical (unpaired) electrons. The molecule has 0 saturated carbocycles. The highest BCUT2D eigenvalue weighted by atomic mass is 16.2. The summed E-state index contributed by atoms with van der Waals surface area (Å²) in [5.41, 5.74) is 0.991. The van der Waals surface area contributed by atoms with Crippen LogP contribution >= 0.6 is 0 Å². The van der Waals surface area contributed by atoms with Gasteiger partial charge in [-0.2, -0.15) is 0 Å². The van der Waals surface area contributed by atoms with Gasteiger partial charge in [-0.25, -0.2) is 4.98 Å². The van der Waals surface area contributed by atoms with Crippen molar-refractivity contribution in [2.75, 3.05) is 13.7 Å². The summed E-state index contributed by atoms with van der Waals surface area (Å²) in [6, 6.07) is 3.71. The number of aromatic nitrogens is 1. The summed E-state index contributed by atoms with van der Waals surface area (Å²) in [6.07, 6.45) is 3.98. The van der Waals surface area contributed by atoms with E-state index in [9.17, 15) is 4.79 Å². The number of hydrogen-bond acceptors (Lipinski definition) is 3. The van der Waals surface area contributed by atoms with Crippen LogP contribution in [-0.4, -0.2) is 40.6 Å². The molecule has 0 aliphatic carbocycles. The molecule has 20 heavy (non-hydrogen) atoms. The van der Waals surface area contributed by atoms with Crippen molar-refractivity contribution >= 4 is 5.91 Å². The van der Waals surface area contributed by atoms with Crippen LogP contribution in [0.1, 0.15) is 49.2 Å². The highest BCUT2D eigenvalue weighted by Crippen LogP contribution is 2.11. The molecule has 4 heteroatoms. The maximum absolute atomic E-state index is 12.5. The summed E-state index contributed by atoms with van der Waals surface area (Å²) in [5, 5.41) is 8.75. The number of aliphatic hydroxyl groups is 1. The topological polar surface area (TPSA) is 53.4 Å². The zero-order valence-corrected chi connectivity index (χ0v) is 12.4. The van der Waals surface area contributed by atoms with E-state index >= 15 is 0 Å². The Labute approximate surface area is 120 Å². The minimum absolute atomic E-state index is 0.0178. The normalized spacial score (nSPS) is 11.4. The van der Waals surface area contributed by atoms with E-state index < -0.39 is 0 Å². The molecule has 0 aliphatic heterocycles. The van der Waals surface area contributed by atoms with Crippen LogP contribution in [0.5, 0.6) is 0 Å². The molecular weight excluding hydrogens is 252 g/mol. The van der Waals surface area contributed by atoms with E-state index in [2.05, 4.69) is 23.7 Å². The van der Waals surface area contributed by atoms with Crippen LogP contribution in [0.4, 0.5) is 0 Å². The smallest absolute Gasteiger partial charge is 0.273 e. The molecular formula is C16H22N2O2. The molecule has 0 aromatic carbocycles. The first-order chi connectivity index (χ1) is 9.61. The van der Waals surface area contributed by atoms with Crippen molar-refractivity contribution in [2.24, 2.45) is 0 Å². The molecule has 1 aromatic heterocycles. The molecule has 1 rings (SSSR count). The number of carbonyl (C=O) groups excluding carboxylic acids is 1. The predicted molar refractivity (Wildman–Crippen MR) is 79.3 cm³/mol. The average Bonchev–Trinajstić information content (AvgIpc) is 2.47. The lowest BCUT2D eigenvalue weighted by Crippen LogP contribution is -2.35. The van der Waals surface area contributed by atoms with Gasteiger partial charge in [0, 0.05) is 25.7 Å². The average molecular weight is 274 g/mol. The summed E-state index contributed by atoms with van der Waals surface area (Å²) >= 11 is 0. The number of amides is 1. The third kappa shape index (κ3) is 4.36. The Balaban J connectivity index is 2.96. The van der Waals surface area contributed by atoms with Gasteiger partial charge >= 0.3 is 0 Å².